The highest BCUT2D eigenvalue weighted by Gasteiger charge is 2.37. The number of carbonyl (C=O) groups is 1. The quantitative estimate of drug-likeness (QED) is 0.610. The van der Waals surface area contributed by atoms with E-state index >= 15 is 0 Å². The van der Waals surface area contributed by atoms with Crippen molar-refractivity contribution in [2.75, 3.05) is 26.3 Å². The Balaban J connectivity index is 0.984. The number of aryl methyl sites for hydroxylation is 1. The maximum Gasteiger partial charge on any atom is 0.251 e. The van der Waals surface area contributed by atoms with E-state index in [0.29, 0.717) is 12.2 Å². The molecule has 35 heavy (non-hydrogen) atoms. The molecule has 2 saturated heterocycles. The highest BCUT2D eigenvalue weighted by atomic mass is 16.5. The van der Waals surface area contributed by atoms with Crippen molar-refractivity contribution in [3.05, 3.63) is 64.7 Å². The number of amides is 1. The van der Waals surface area contributed by atoms with Gasteiger partial charge in [0.1, 0.15) is 12.4 Å². The number of nitrogens with one attached hydrogen (secondary N) is 1. The van der Waals surface area contributed by atoms with Gasteiger partial charge in [0.15, 0.2) is 0 Å². The molecule has 1 N–H and O–H groups in total. The average molecular weight is 475 g/mol. The summed E-state index contributed by atoms with van der Waals surface area (Å²) in [4.78, 5) is 15.6. The lowest BCUT2D eigenvalue weighted by Crippen LogP contribution is -2.38. The van der Waals surface area contributed by atoms with Gasteiger partial charge in [0.2, 0.25) is 0 Å². The van der Waals surface area contributed by atoms with E-state index in [-0.39, 0.29) is 18.1 Å². The van der Waals surface area contributed by atoms with Crippen LogP contribution < -0.4 is 10.1 Å². The summed E-state index contributed by atoms with van der Waals surface area (Å²) < 4.78 is 11.4. The lowest BCUT2D eigenvalue weighted by Gasteiger charge is -2.28. The van der Waals surface area contributed by atoms with Crippen molar-refractivity contribution in [2.24, 2.45) is 5.92 Å². The summed E-state index contributed by atoms with van der Waals surface area (Å²) in [7, 11) is 0. The van der Waals surface area contributed by atoms with Crippen molar-refractivity contribution in [3.63, 3.8) is 0 Å². The maximum absolute atomic E-state index is 12.8. The van der Waals surface area contributed by atoms with Crippen molar-refractivity contribution >= 4 is 5.91 Å². The second-order valence-electron chi connectivity index (χ2n) is 11.1. The third kappa shape index (κ3) is 5.41. The van der Waals surface area contributed by atoms with Gasteiger partial charge in [-0.15, -0.1) is 0 Å². The van der Waals surface area contributed by atoms with Gasteiger partial charge >= 0.3 is 0 Å². The second-order valence-corrected chi connectivity index (χ2v) is 11.1. The molecule has 1 amide bonds. The zero-order valence-corrected chi connectivity index (χ0v) is 20.7. The molecular weight excluding hydrogens is 436 g/mol. The van der Waals surface area contributed by atoms with E-state index in [0.717, 1.165) is 62.8 Å². The summed E-state index contributed by atoms with van der Waals surface area (Å²) in [5, 5.41) is 3.26. The van der Waals surface area contributed by atoms with Gasteiger partial charge < -0.3 is 14.8 Å². The van der Waals surface area contributed by atoms with Gasteiger partial charge in [-0.3, -0.25) is 9.69 Å². The summed E-state index contributed by atoms with van der Waals surface area (Å²) in [5.74, 6) is 1.76. The van der Waals surface area contributed by atoms with E-state index in [4.69, 9.17) is 9.47 Å². The predicted octanol–water partition coefficient (Wildman–Crippen LogP) is 4.56. The molecule has 0 radical (unpaired) electrons. The minimum atomic E-state index is 0.000609. The van der Waals surface area contributed by atoms with Crippen LogP contribution in [0.4, 0.5) is 0 Å². The molecule has 2 bridgehead atoms. The smallest absolute Gasteiger partial charge is 0.251 e. The van der Waals surface area contributed by atoms with Gasteiger partial charge in [0, 0.05) is 37.3 Å². The number of hydrogen-bond donors (Lipinski definition) is 1. The molecule has 6 rings (SSSR count). The van der Waals surface area contributed by atoms with Crippen LogP contribution in [0.1, 0.15) is 65.6 Å². The van der Waals surface area contributed by atoms with Crippen LogP contribution in [0, 0.1) is 5.92 Å². The highest BCUT2D eigenvalue weighted by molar-refractivity contribution is 5.94. The maximum atomic E-state index is 12.8. The molecule has 186 valence electrons. The standard InChI is InChI=1S/C30H38N2O3/c33-30(23-7-11-28(12-8-23)35-20-29-2-1-15-34-29)31-26-9-6-24-16-21(3-5-25(24)18-26)13-14-32-19-22-4-10-27(32)17-22/h3,5,7-8,11-12,16,22,26-27,29H,1-2,4,6,9-10,13-15,17-20H2,(H,31,33)/t22-,26+,27+,29+/m1/s1. The Morgan fingerprint density at radius 1 is 1.06 bits per heavy atom. The number of rotatable bonds is 8. The first-order valence-electron chi connectivity index (χ1n) is 13.7. The molecule has 4 atom stereocenters. The van der Waals surface area contributed by atoms with Crippen molar-refractivity contribution in [1.82, 2.24) is 10.2 Å². The number of likely N-dealkylation sites (tertiary alicyclic amines) is 1. The Labute approximate surface area is 209 Å². The van der Waals surface area contributed by atoms with Crippen LogP contribution in [-0.2, 0) is 24.0 Å². The largest absolute Gasteiger partial charge is 0.491 e. The van der Waals surface area contributed by atoms with Crippen LogP contribution in [-0.4, -0.2) is 55.3 Å². The van der Waals surface area contributed by atoms with Gasteiger partial charge in [-0.05, 0) is 105 Å². The first-order chi connectivity index (χ1) is 17.2. The summed E-state index contributed by atoms with van der Waals surface area (Å²) in [6, 6.07) is 15.6. The molecule has 5 heteroatoms. The average Bonchev–Trinajstić information content (AvgIpc) is 3.66. The van der Waals surface area contributed by atoms with Gasteiger partial charge in [-0.2, -0.15) is 0 Å². The minimum Gasteiger partial charge on any atom is -0.491 e. The van der Waals surface area contributed by atoms with E-state index < -0.39 is 0 Å². The number of piperidine rings is 1. The van der Waals surface area contributed by atoms with Crippen LogP contribution in [0.2, 0.25) is 0 Å². The summed E-state index contributed by atoms with van der Waals surface area (Å²) in [5.41, 5.74) is 5.02. The third-order valence-electron chi connectivity index (χ3n) is 8.62. The fourth-order valence-corrected chi connectivity index (χ4v) is 6.60. The van der Waals surface area contributed by atoms with Crippen molar-refractivity contribution < 1.29 is 14.3 Å². The number of ether oxygens (including phenoxy) is 2. The van der Waals surface area contributed by atoms with E-state index in [2.05, 4.69) is 28.4 Å². The Morgan fingerprint density at radius 3 is 2.74 bits per heavy atom. The van der Waals surface area contributed by atoms with E-state index in [1.165, 1.54) is 49.0 Å². The van der Waals surface area contributed by atoms with Crippen molar-refractivity contribution in [2.45, 2.75) is 76.0 Å². The molecule has 2 aliphatic carbocycles. The third-order valence-corrected chi connectivity index (χ3v) is 8.62. The summed E-state index contributed by atoms with van der Waals surface area (Å²) >= 11 is 0. The topological polar surface area (TPSA) is 50.8 Å². The molecule has 2 aromatic carbocycles. The number of benzene rings is 2. The van der Waals surface area contributed by atoms with Gasteiger partial charge in [0.25, 0.3) is 5.91 Å². The summed E-state index contributed by atoms with van der Waals surface area (Å²) in [6.07, 6.45) is 10.8. The molecule has 5 nitrogen and oxygen atoms in total. The van der Waals surface area contributed by atoms with Gasteiger partial charge in [-0.1, -0.05) is 18.2 Å². The molecule has 0 unspecified atom stereocenters. The number of carbonyl (C=O) groups excluding carboxylic acids is 1. The fourth-order valence-electron chi connectivity index (χ4n) is 6.60. The lowest BCUT2D eigenvalue weighted by molar-refractivity contribution is 0.0679. The van der Waals surface area contributed by atoms with Gasteiger partial charge in [-0.25, -0.2) is 0 Å². The highest BCUT2D eigenvalue weighted by Crippen LogP contribution is 2.37. The first-order valence-corrected chi connectivity index (χ1v) is 13.7. The SMILES string of the molecule is O=C(N[C@H]1CCc2cc(CCN3C[C@@H]4CC[C@H]3C4)ccc2C1)c1ccc(OC[C@@H]2CCCO2)cc1. The Morgan fingerprint density at radius 2 is 1.97 bits per heavy atom. The molecule has 1 saturated carbocycles. The van der Waals surface area contributed by atoms with Crippen LogP contribution in [0.3, 0.4) is 0 Å². The van der Waals surface area contributed by atoms with E-state index in [1.54, 1.807) is 0 Å². The van der Waals surface area contributed by atoms with E-state index in [1.807, 2.05) is 24.3 Å². The monoisotopic (exact) mass is 474 g/mol. The Kier molecular flexibility index (Phi) is 6.80. The van der Waals surface area contributed by atoms with Crippen LogP contribution in [0.25, 0.3) is 0 Å². The molecular formula is C30H38N2O3. The molecule has 0 spiro atoms. The minimum absolute atomic E-state index is 0.000609. The molecule has 3 fully saturated rings. The summed E-state index contributed by atoms with van der Waals surface area (Å²) in [6.45, 7) is 3.94. The Bertz CT molecular complexity index is 1030. The molecule has 2 heterocycles. The molecule has 2 aromatic rings. The number of nitrogens with zero attached hydrogens (tertiary/aromatic N) is 1. The number of fused-ring (bicyclic) bond motifs is 3. The Hall–Kier alpha value is -2.37. The molecule has 0 aromatic heterocycles. The molecule has 2 aliphatic heterocycles. The first kappa shape index (κ1) is 23.1. The number of hydrogen-bond acceptors (Lipinski definition) is 4. The van der Waals surface area contributed by atoms with Crippen LogP contribution >= 0.6 is 0 Å². The molecule has 4 aliphatic rings. The van der Waals surface area contributed by atoms with E-state index in [9.17, 15) is 4.79 Å². The predicted molar refractivity (Wildman–Crippen MR) is 137 cm³/mol. The van der Waals surface area contributed by atoms with Gasteiger partial charge in [0.05, 0.1) is 6.10 Å². The lowest BCUT2D eigenvalue weighted by atomic mass is 9.86. The van der Waals surface area contributed by atoms with Crippen LogP contribution in [0.5, 0.6) is 5.75 Å². The van der Waals surface area contributed by atoms with Crippen LogP contribution in [0.15, 0.2) is 42.5 Å². The normalized spacial score (nSPS) is 27.7. The second kappa shape index (κ2) is 10.3. The zero-order valence-electron chi connectivity index (χ0n) is 20.7. The fraction of sp³-hybridized carbons (Fsp3) is 0.567. The van der Waals surface area contributed by atoms with Crippen molar-refractivity contribution in [3.8, 4) is 5.75 Å². The zero-order chi connectivity index (χ0) is 23.6. The van der Waals surface area contributed by atoms with Crippen molar-refractivity contribution in [1.29, 1.82) is 0 Å².